The van der Waals surface area contributed by atoms with Gasteiger partial charge in [0, 0.05) is 6.54 Å². The number of rotatable bonds is 6. The van der Waals surface area contributed by atoms with E-state index in [0.29, 0.717) is 6.42 Å². The van der Waals surface area contributed by atoms with Crippen LogP contribution in [0.15, 0.2) is 30.3 Å². The van der Waals surface area contributed by atoms with E-state index in [9.17, 15) is 24.0 Å². The topological polar surface area (TPSA) is 150 Å². The number of ether oxygens (including phenoxy) is 1. The van der Waals surface area contributed by atoms with E-state index >= 15 is 0 Å². The van der Waals surface area contributed by atoms with Crippen LogP contribution in [0.25, 0.3) is 0 Å². The van der Waals surface area contributed by atoms with E-state index in [1.807, 2.05) is 5.32 Å². The lowest BCUT2D eigenvalue weighted by Crippen LogP contribution is -2.52. The molecule has 1 aromatic carbocycles. The molecule has 1 heterocycles. The van der Waals surface area contributed by atoms with Crippen LogP contribution in [-0.2, 0) is 19.1 Å². The quantitative estimate of drug-likeness (QED) is 0.477. The maximum Gasteiger partial charge on any atom is 0.415 e. The van der Waals surface area contributed by atoms with Gasteiger partial charge in [0.1, 0.15) is 12.1 Å². The van der Waals surface area contributed by atoms with Crippen molar-refractivity contribution in [1.29, 1.82) is 0 Å². The van der Waals surface area contributed by atoms with Crippen molar-refractivity contribution in [3.8, 4) is 0 Å². The number of nitrogens with zero attached hydrogens (tertiary/aromatic N) is 1. The highest BCUT2D eigenvalue weighted by molar-refractivity contribution is 5.98. The molecule has 1 aliphatic rings. The van der Waals surface area contributed by atoms with E-state index in [2.05, 4.69) is 4.74 Å². The average Bonchev–Trinajstić information content (AvgIpc) is 3.10. The molecule has 0 unspecified atom stereocenters. The number of carboxylic acid groups (broad SMARTS) is 2. The molecule has 1 fully saturated rings. The highest BCUT2D eigenvalue weighted by atomic mass is 16.6. The van der Waals surface area contributed by atoms with Gasteiger partial charge in [0.2, 0.25) is 5.91 Å². The van der Waals surface area contributed by atoms with E-state index in [1.54, 1.807) is 18.2 Å². The SMILES string of the molecule is O=C(O)C[C@H](NC(=O)OC(=O)c1ccccc1)C(=O)N1CCC[C@@H]1C(=O)O. The number of likely N-dealkylation sites (tertiary alicyclic amines) is 1. The Hall–Kier alpha value is -3.43. The highest BCUT2D eigenvalue weighted by Crippen LogP contribution is 2.19. The molecular formula is C17H18N2O8. The molecule has 144 valence electrons. The molecule has 27 heavy (non-hydrogen) atoms. The van der Waals surface area contributed by atoms with E-state index < -0.39 is 48.4 Å². The first-order valence-corrected chi connectivity index (χ1v) is 8.12. The standard InChI is InChI=1S/C17H18N2O8/c20-13(21)9-11(14(22)19-8-4-7-12(19)15(23)24)18-17(26)27-16(25)10-5-2-1-3-6-10/h1-3,5-6,11-12H,4,7-9H2,(H,18,26)(H,20,21)(H,23,24)/t11-,12+/m0/s1. The molecule has 0 bridgehead atoms. The number of hydrogen-bond acceptors (Lipinski definition) is 6. The zero-order valence-electron chi connectivity index (χ0n) is 14.2. The molecule has 10 nitrogen and oxygen atoms in total. The van der Waals surface area contributed by atoms with E-state index in [1.165, 1.54) is 12.1 Å². The normalized spacial score (nSPS) is 17.0. The molecule has 1 aliphatic heterocycles. The predicted octanol–water partition coefficient (Wildman–Crippen LogP) is 0.472. The zero-order chi connectivity index (χ0) is 20.0. The van der Waals surface area contributed by atoms with Gasteiger partial charge >= 0.3 is 24.0 Å². The van der Waals surface area contributed by atoms with Gasteiger partial charge in [-0.3, -0.25) is 9.59 Å². The molecule has 1 aromatic rings. The summed E-state index contributed by atoms with van der Waals surface area (Å²) in [6.07, 6.45) is -1.40. The minimum absolute atomic E-state index is 0.0965. The Morgan fingerprint density at radius 3 is 2.41 bits per heavy atom. The summed E-state index contributed by atoms with van der Waals surface area (Å²) in [5, 5.41) is 20.2. The molecule has 0 spiro atoms. The number of benzene rings is 1. The third kappa shape index (κ3) is 5.27. The predicted molar refractivity (Wildman–Crippen MR) is 88.8 cm³/mol. The van der Waals surface area contributed by atoms with Gasteiger partial charge in [-0.05, 0) is 25.0 Å². The van der Waals surface area contributed by atoms with E-state index in [-0.39, 0.29) is 18.5 Å². The maximum atomic E-state index is 12.5. The van der Waals surface area contributed by atoms with Gasteiger partial charge in [0.25, 0.3) is 0 Å². The molecule has 0 radical (unpaired) electrons. The van der Waals surface area contributed by atoms with Crippen molar-refractivity contribution in [2.75, 3.05) is 6.54 Å². The van der Waals surface area contributed by atoms with Crippen LogP contribution in [0.4, 0.5) is 4.79 Å². The fourth-order valence-electron chi connectivity index (χ4n) is 2.75. The van der Waals surface area contributed by atoms with Crippen LogP contribution in [0.5, 0.6) is 0 Å². The van der Waals surface area contributed by atoms with Crippen LogP contribution < -0.4 is 5.32 Å². The first kappa shape index (κ1) is 19.9. The Balaban J connectivity index is 2.06. The maximum absolute atomic E-state index is 12.5. The second-order valence-electron chi connectivity index (χ2n) is 5.87. The molecule has 2 rings (SSSR count). The van der Waals surface area contributed by atoms with Gasteiger partial charge in [-0.2, -0.15) is 0 Å². The minimum Gasteiger partial charge on any atom is -0.481 e. The van der Waals surface area contributed by atoms with Crippen LogP contribution in [0.1, 0.15) is 29.6 Å². The fraction of sp³-hybridized carbons (Fsp3) is 0.353. The Bertz CT molecular complexity index is 749. The van der Waals surface area contributed by atoms with Gasteiger partial charge < -0.3 is 25.2 Å². The van der Waals surface area contributed by atoms with Gasteiger partial charge in [-0.1, -0.05) is 18.2 Å². The Labute approximate surface area is 153 Å². The number of carboxylic acids is 2. The Kier molecular flexibility index (Phi) is 6.47. The Morgan fingerprint density at radius 1 is 1.15 bits per heavy atom. The minimum atomic E-state index is -1.56. The summed E-state index contributed by atoms with van der Waals surface area (Å²) >= 11 is 0. The number of nitrogens with one attached hydrogen (secondary N) is 1. The fourth-order valence-corrected chi connectivity index (χ4v) is 2.75. The number of esters is 1. The van der Waals surface area contributed by atoms with Crippen molar-refractivity contribution in [3.05, 3.63) is 35.9 Å². The third-order valence-electron chi connectivity index (χ3n) is 3.98. The van der Waals surface area contributed by atoms with Crippen LogP contribution in [-0.4, -0.2) is 63.6 Å². The second-order valence-corrected chi connectivity index (χ2v) is 5.87. The third-order valence-corrected chi connectivity index (χ3v) is 3.98. The number of hydrogen-bond donors (Lipinski definition) is 3. The van der Waals surface area contributed by atoms with Gasteiger partial charge in [-0.15, -0.1) is 0 Å². The zero-order valence-corrected chi connectivity index (χ0v) is 14.2. The number of carbonyl (C=O) groups is 5. The van der Waals surface area contributed by atoms with Crippen molar-refractivity contribution in [3.63, 3.8) is 0 Å². The molecular weight excluding hydrogens is 360 g/mol. The van der Waals surface area contributed by atoms with Crippen LogP contribution in [0.3, 0.4) is 0 Å². The molecule has 0 aliphatic carbocycles. The highest BCUT2D eigenvalue weighted by Gasteiger charge is 2.38. The molecule has 10 heteroatoms. The lowest BCUT2D eigenvalue weighted by Gasteiger charge is -2.26. The summed E-state index contributed by atoms with van der Waals surface area (Å²) in [6.45, 7) is 0.131. The summed E-state index contributed by atoms with van der Waals surface area (Å²) < 4.78 is 4.57. The summed E-state index contributed by atoms with van der Waals surface area (Å²) in [5.74, 6) is -4.42. The number of amides is 2. The van der Waals surface area contributed by atoms with Crippen molar-refractivity contribution in [1.82, 2.24) is 10.2 Å². The van der Waals surface area contributed by atoms with Gasteiger partial charge in [0.15, 0.2) is 0 Å². The van der Waals surface area contributed by atoms with E-state index in [4.69, 9.17) is 10.2 Å². The summed E-state index contributed by atoms with van der Waals surface area (Å²) in [7, 11) is 0. The number of carbonyl (C=O) groups excluding carboxylic acids is 3. The number of aliphatic carboxylic acids is 2. The monoisotopic (exact) mass is 378 g/mol. The first-order valence-electron chi connectivity index (χ1n) is 8.12. The van der Waals surface area contributed by atoms with Crippen molar-refractivity contribution in [2.24, 2.45) is 0 Å². The molecule has 1 saturated heterocycles. The second kappa shape index (κ2) is 8.79. The van der Waals surface area contributed by atoms with Crippen molar-refractivity contribution < 1.29 is 38.9 Å². The van der Waals surface area contributed by atoms with Crippen LogP contribution >= 0.6 is 0 Å². The van der Waals surface area contributed by atoms with Crippen LogP contribution in [0.2, 0.25) is 0 Å². The largest absolute Gasteiger partial charge is 0.481 e. The molecule has 0 aromatic heterocycles. The lowest BCUT2D eigenvalue weighted by molar-refractivity contribution is -0.150. The summed E-state index contributed by atoms with van der Waals surface area (Å²) in [4.78, 5) is 59.6. The van der Waals surface area contributed by atoms with Gasteiger partial charge in [0.05, 0.1) is 12.0 Å². The van der Waals surface area contributed by atoms with Gasteiger partial charge in [-0.25, -0.2) is 14.4 Å². The summed E-state index contributed by atoms with van der Waals surface area (Å²) in [6, 6.07) is 4.97. The summed E-state index contributed by atoms with van der Waals surface area (Å²) in [5.41, 5.74) is 0.0965. The number of alkyl carbamates (subject to hydrolysis) is 1. The van der Waals surface area contributed by atoms with Crippen molar-refractivity contribution in [2.45, 2.75) is 31.3 Å². The smallest absolute Gasteiger partial charge is 0.415 e. The van der Waals surface area contributed by atoms with Crippen molar-refractivity contribution >= 4 is 29.9 Å². The molecule has 2 amide bonds. The first-order chi connectivity index (χ1) is 12.8. The molecule has 0 saturated carbocycles. The average molecular weight is 378 g/mol. The molecule has 2 atom stereocenters. The van der Waals surface area contributed by atoms with Crippen LogP contribution in [0, 0.1) is 0 Å². The lowest BCUT2D eigenvalue weighted by atomic mass is 10.1. The Morgan fingerprint density at radius 2 is 1.81 bits per heavy atom. The van der Waals surface area contributed by atoms with E-state index in [0.717, 1.165) is 4.90 Å². The molecule has 3 N–H and O–H groups in total.